The monoisotopic (exact) mass is 509 g/mol. The number of nitrogens with one attached hydrogen (secondary N) is 1. The maximum absolute atomic E-state index is 12.6. The average Bonchev–Trinajstić information content (AvgIpc) is 3.20. The third kappa shape index (κ3) is 9.05. The molecule has 0 aromatic heterocycles. The third-order valence-corrected chi connectivity index (χ3v) is 6.09. The van der Waals surface area contributed by atoms with Crippen LogP contribution in [-0.4, -0.2) is 55.0 Å². The van der Waals surface area contributed by atoms with Crippen molar-refractivity contribution in [1.82, 2.24) is 0 Å². The molecule has 1 amide bonds. The highest BCUT2D eigenvalue weighted by molar-refractivity contribution is 5.91. The number of quaternary nitrogens is 1. The van der Waals surface area contributed by atoms with Gasteiger partial charge in [-0.1, -0.05) is 40.0 Å². The van der Waals surface area contributed by atoms with Crippen LogP contribution in [-0.2, 0) is 38.1 Å². The maximum Gasteiger partial charge on any atom is 0.306 e. The number of esters is 3. The van der Waals surface area contributed by atoms with E-state index >= 15 is 0 Å². The SMILES string of the molecule is CCCCC(=O)OC[C@H]1O[C@@H]([NH+]2C=CCC(C(N)=O)=C2)[C@H](OC(=O)CCCC)[C@@H]1OC(=O)CCCC. The molecule has 2 aliphatic heterocycles. The van der Waals surface area contributed by atoms with Crippen LogP contribution in [0.5, 0.6) is 0 Å². The normalized spacial score (nSPS) is 25.2. The maximum atomic E-state index is 12.6. The zero-order valence-corrected chi connectivity index (χ0v) is 21.7. The molecule has 202 valence electrons. The predicted molar refractivity (Wildman–Crippen MR) is 130 cm³/mol. The first kappa shape index (κ1) is 29.5. The van der Waals surface area contributed by atoms with Crippen LogP contribution in [0.4, 0.5) is 0 Å². The number of primary amides is 1. The van der Waals surface area contributed by atoms with Crippen LogP contribution in [0.15, 0.2) is 24.0 Å². The standard InChI is InChI=1S/C26H40N2O8/c1-4-7-12-20(29)33-17-19-23(35-21(30)13-8-5-2)24(36-22(31)14-9-6-3)26(34-19)28-15-10-11-18(16-28)25(27)32/h10,15-16,19,23-24,26H,4-9,11-14,17H2,1-3H3,(H2,27,32)/p+1/t19-,23-,24-,26-/m1/s1. The lowest BCUT2D eigenvalue weighted by molar-refractivity contribution is -0.852. The molecule has 10 heteroatoms. The molecule has 3 N–H and O–H groups in total. The molecule has 1 saturated heterocycles. The smallest absolute Gasteiger partial charge is 0.306 e. The van der Waals surface area contributed by atoms with Crippen molar-refractivity contribution in [2.24, 2.45) is 5.73 Å². The second-order valence-electron chi connectivity index (χ2n) is 9.14. The van der Waals surface area contributed by atoms with E-state index in [0.29, 0.717) is 36.2 Å². The number of carbonyl (C=O) groups excluding carboxylic acids is 4. The first-order valence-electron chi connectivity index (χ1n) is 13.0. The van der Waals surface area contributed by atoms with Crippen molar-refractivity contribution in [1.29, 1.82) is 0 Å². The van der Waals surface area contributed by atoms with Gasteiger partial charge in [0, 0.05) is 25.7 Å². The summed E-state index contributed by atoms with van der Waals surface area (Å²) in [7, 11) is 0. The molecule has 0 bridgehead atoms. The molecule has 1 unspecified atom stereocenters. The Morgan fingerprint density at radius 2 is 1.47 bits per heavy atom. The van der Waals surface area contributed by atoms with Gasteiger partial charge in [-0.2, -0.15) is 0 Å². The Morgan fingerprint density at radius 3 is 2.03 bits per heavy atom. The number of amides is 1. The summed E-state index contributed by atoms with van der Waals surface area (Å²) in [6.07, 6.45) is 7.09. The van der Waals surface area contributed by atoms with Gasteiger partial charge in [0.05, 0.1) is 11.8 Å². The van der Waals surface area contributed by atoms with Crippen molar-refractivity contribution >= 4 is 23.8 Å². The molecule has 0 saturated carbocycles. The van der Waals surface area contributed by atoms with E-state index < -0.39 is 42.4 Å². The Hall–Kier alpha value is -2.72. The summed E-state index contributed by atoms with van der Waals surface area (Å²) >= 11 is 0. The van der Waals surface area contributed by atoms with Crippen LogP contribution < -0.4 is 10.6 Å². The fourth-order valence-corrected chi connectivity index (χ4v) is 4.01. The van der Waals surface area contributed by atoms with Crippen LogP contribution in [0.25, 0.3) is 0 Å². The highest BCUT2D eigenvalue weighted by atomic mass is 16.7. The molecule has 10 nitrogen and oxygen atoms in total. The number of nitrogens with two attached hydrogens (primary N) is 1. The van der Waals surface area contributed by atoms with Crippen molar-refractivity contribution in [2.75, 3.05) is 6.61 Å². The number of hydrogen-bond acceptors (Lipinski definition) is 8. The summed E-state index contributed by atoms with van der Waals surface area (Å²) < 4.78 is 23.2. The number of rotatable bonds is 15. The van der Waals surface area contributed by atoms with Gasteiger partial charge >= 0.3 is 17.9 Å². The van der Waals surface area contributed by atoms with Crippen molar-refractivity contribution in [3.63, 3.8) is 0 Å². The Bertz CT molecular complexity index is 825. The number of ether oxygens (including phenoxy) is 4. The van der Waals surface area contributed by atoms with Crippen molar-refractivity contribution in [3.05, 3.63) is 24.0 Å². The first-order valence-corrected chi connectivity index (χ1v) is 13.0. The summed E-state index contributed by atoms with van der Waals surface area (Å²) in [5.41, 5.74) is 5.87. The van der Waals surface area contributed by atoms with Gasteiger partial charge in [-0.15, -0.1) is 0 Å². The van der Waals surface area contributed by atoms with Crippen LogP contribution in [0, 0.1) is 0 Å². The molecule has 36 heavy (non-hydrogen) atoms. The molecule has 0 aromatic carbocycles. The molecule has 1 fully saturated rings. The minimum atomic E-state index is -0.975. The molecule has 2 rings (SSSR count). The highest BCUT2D eigenvalue weighted by Crippen LogP contribution is 2.27. The van der Waals surface area contributed by atoms with Gasteiger partial charge in [0.15, 0.2) is 6.10 Å². The predicted octanol–water partition coefficient (Wildman–Crippen LogP) is 1.82. The molecule has 0 aliphatic carbocycles. The second-order valence-corrected chi connectivity index (χ2v) is 9.14. The zero-order chi connectivity index (χ0) is 26.5. The lowest BCUT2D eigenvalue weighted by atomic mass is 10.1. The first-order chi connectivity index (χ1) is 17.3. The van der Waals surface area contributed by atoms with E-state index in [0.717, 1.165) is 19.3 Å². The minimum absolute atomic E-state index is 0.156. The molecule has 2 heterocycles. The Labute approximate surface area is 213 Å². The van der Waals surface area contributed by atoms with Crippen LogP contribution in [0.3, 0.4) is 0 Å². The molecular formula is C26H41N2O8+. The molecular weight excluding hydrogens is 468 g/mol. The fourth-order valence-electron chi connectivity index (χ4n) is 4.01. The topological polar surface area (TPSA) is 136 Å². The van der Waals surface area contributed by atoms with Crippen molar-refractivity contribution in [2.45, 2.75) is 110 Å². The number of unbranched alkanes of at least 4 members (excludes halogenated alkanes) is 3. The number of allylic oxidation sites excluding steroid dienone is 1. The second kappa shape index (κ2) is 15.4. The van der Waals surface area contributed by atoms with E-state index in [4.69, 9.17) is 24.7 Å². The van der Waals surface area contributed by atoms with Crippen molar-refractivity contribution in [3.8, 4) is 0 Å². The Balaban J connectivity index is 2.31. The Kier molecular flexibility index (Phi) is 12.6. The van der Waals surface area contributed by atoms with E-state index in [9.17, 15) is 19.2 Å². The van der Waals surface area contributed by atoms with Crippen molar-refractivity contribution < 1.29 is 43.0 Å². The molecule has 0 spiro atoms. The number of hydrogen-bond donors (Lipinski definition) is 2. The highest BCUT2D eigenvalue weighted by Gasteiger charge is 2.54. The molecule has 5 atom stereocenters. The van der Waals surface area contributed by atoms with Gasteiger partial charge in [-0.25, -0.2) is 0 Å². The van der Waals surface area contributed by atoms with Gasteiger partial charge in [0.2, 0.25) is 18.2 Å². The van der Waals surface area contributed by atoms with Gasteiger partial charge < -0.3 is 24.7 Å². The summed E-state index contributed by atoms with van der Waals surface area (Å²) in [6, 6.07) is 0. The molecule has 2 aliphatic rings. The van der Waals surface area contributed by atoms with E-state index in [1.54, 1.807) is 18.5 Å². The lowest BCUT2D eigenvalue weighted by Crippen LogP contribution is -3.09. The van der Waals surface area contributed by atoms with Gasteiger partial charge in [-0.05, 0) is 25.3 Å². The average molecular weight is 510 g/mol. The van der Waals surface area contributed by atoms with E-state index in [-0.39, 0.29) is 31.8 Å². The van der Waals surface area contributed by atoms with Gasteiger partial charge in [0.1, 0.15) is 18.9 Å². The van der Waals surface area contributed by atoms with Gasteiger partial charge in [-0.3, -0.25) is 24.1 Å². The lowest BCUT2D eigenvalue weighted by Gasteiger charge is -2.26. The summed E-state index contributed by atoms with van der Waals surface area (Å²) in [4.78, 5) is 49.7. The van der Waals surface area contributed by atoms with Crippen LogP contribution >= 0.6 is 0 Å². The molecule has 0 aromatic rings. The summed E-state index contributed by atoms with van der Waals surface area (Å²) in [5.74, 6) is -1.82. The third-order valence-electron chi connectivity index (χ3n) is 6.09. The number of carbonyl (C=O) groups is 4. The minimum Gasteiger partial charge on any atom is -0.463 e. The van der Waals surface area contributed by atoms with E-state index in [1.807, 2.05) is 20.8 Å². The van der Waals surface area contributed by atoms with Gasteiger partial charge in [0.25, 0.3) is 0 Å². The molecule has 0 radical (unpaired) electrons. The summed E-state index contributed by atoms with van der Waals surface area (Å²) in [5, 5.41) is 0. The van der Waals surface area contributed by atoms with Crippen LogP contribution in [0.1, 0.15) is 85.0 Å². The Morgan fingerprint density at radius 1 is 0.917 bits per heavy atom. The zero-order valence-electron chi connectivity index (χ0n) is 21.7. The van der Waals surface area contributed by atoms with E-state index in [2.05, 4.69) is 0 Å². The summed E-state index contributed by atoms with van der Waals surface area (Å²) in [6.45, 7) is 5.75. The largest absolute Gasteiger partial charge is 0.463 e. The van der Waals surface area contributed by atoms with Crippen LogP contribution in [0.2, 0.25) is 0 Å². The fraction of sp³-hybridized carbons (Fsp3) is 0.692. The van der Waals surface area contributed by atoms with E-state index in [1.165, 1.54) is 0 Å². The quantitative estimate of drug-likeness (QED) is 0.252.